The molecule has 2 rings (SSSR count). The van der Waals surface area contributed by atoms with Crippen molar-refractivity contribution in [2.75, 3.05) is 0 Å². The summed E-state index contributed by atoms with van der Waals surface area (Å²) in [6.07, 6.45) is 0. The summed E-state index contributed by atoms with van der Waals surface area (Å²) in [5.41, 5.74) is 6.60. The summed E-state index contributed by atoms with van der Waals surface area (Å²) in [5.74, 6) is 0.589. The normalized spacial score (nSPS) is 10.7. The zero-order chi connectivity index (χ0) is 15.0. The topological polar surface area (TPSA) is 76.9 Å². The number of nitrogen functional groups attached to an aromatic ring is 1. The molecule has 5 nitrogen and oxygen atoms in total. The number of hydrogen-bond acceptors (Lipinski definition) is 3. The highest BCUT2D eigenvalue weighted by Gasteiger charge is 2.19. The van der Waals surface area contributed by atoms with E-state index in [2.05, 4.69) is 21.0 Å². The molecule has 2 aromatic rings. The van der Waals surface area contributed by atoms with Gasteiger partial charge in [-0.2, -0.15) is 5.10 Å². The second-order valence-corrected chi connectivity index (χ2v) is 5.77. The Balaban J connectivity index is 2.50. The van der Waals surface area contributed by atoms with Crippen LogP contribution >= 0.6 is 39.1 Å². The van der Waals surface area contributed by atoms with E-state index >= 15 is 0 Å². The van der Waals surface area contributed by atoms with Gasteiger partial charge in [0.2, 0.25) is 5.88 Å². The first-order chi connectivity index (χ1) is 9.31. The van der Waals surface area contributed by atoms with Crippen LogP contribution in [0.2, 0.25) is 10.0 Å². The molecule has 1 heterocycles. The number of benzene rings is 1. The van der Waals surface area contributed by atoms with Crippen molar-refractivity contribution in [2.45, 2.75) is 6.92 Å². The third-order valence-corrected chi connectivity index (χ3v) is 4.11. The van der Waals surface area contributed by atoms with Gasteiger partial charge in [-0.3, -0.25) is 5.41 Å². The minimum absolute atomic E-state index is 0.120. The van der Waals surface area contributed by atoms with Crippen LogP contribution in [0.15, 0.2) is 16.6 Å². The van der Waals surface area contributed by atoms with Crippen molar-refractivity contribution >= 4 is 45.0 Å². The molecular weight excluding hydrogens is 367 g/mol. The first kappa shape index (κ1) is 15.2. The lowest BCUT2D eigenvalue weighted by Gasteiger charge is -2.10. The van der Waals surface area contributed by atoms with E-state index in [0.717, 1.165) is 0 Å². The van der Waals surface area contributed by atoms with Crippen molar-refractivity contribution in [3.05, 3.63) is 37.9 Å². The second kappa shape index (κ2) is 5.63. The van der Waals surface area contributed by atoms with Crippen LogP contribution in [0.25, 0.3) is 0 Å². The van der Waals surface area contributed by atoms with E-state index in [1.165, 1.54) is 4.68 Å². The van der Waals surface area contributed by atoms with Crippen LogP contribution in [0.1, 0.15) is 11.3 Å². The van der Waals surface area contributed by atoms with Crippen LogP contribution in [0.4, 0.5) is 0 Å². The Bertz CT molecular complexity index is 699. The summed E-state index contributed by atoms with van der Waals surface area (Å²) in [6, 6.07) is 3.22. The SMILES string of the molecule is Cc1nn(C)c(Oc2cc(Cl)c(Br)cc2Cl)c1C(=N)N. The third kappa shape index (κ3) is 2.77. The third-order valence-electron chi connectivity index (χ3n) is 2.62. The van der Waals surface area contributed by atoms with Crippen molar-refractivity contribution in [2.24, 2.45) is 12.8 Å². The van der Waals surface area contributed by atoms with Gasteiger partial charge >= 0.3 is 0 Å². The van der Waals surface area contributed by atoms with Crippen LogP contribution < -0.4 is 10.5 Å². The molecule has 20 heavy (non-hydrogen) atoms. The van der Waals surface area contributed by atoms with Gasteiger partial charge in [-0.15, -0.1) is 0 Å². The maximum atomic E-state index is 7.60. The highest BCUT2D eigenvalue weighted by molar-refractivity contribution is 9.10. The Morgan fingerprint density at radius 3 is 2.65 bits per heavy atom. The Hall–Kier alpha value is -1.24. The Morgan fingerprint density at radius 1 is 1.40 bits per heavy atom. The van der Waals surface area contributed by atoms with E-state index in [-0.39, 0.29) is 5.84 Å². The van der Waals surface area contributed by atoms with E-state index in [9.17, 15) is 0 Å². The highest BCUT2D eigenvalue weighted by Crippen LogP contribution is 2.37. The number of aromatic nitrogens is 2. The van der Waals surface area contributed by atoms with Gasteiger partial charge in [0.05, 0.1) is 15.7 Å². The summed E-state index contributed by atoms with van der Waals surface area (Å²) < 4.78 is 7.90. The number of rotatable bonds is 3. The van der Waals surface area contributed by atoms with Gasteiger partial charge in [-0.05, 0) is 28.9 Å². The molecule has 0 aliphatic rings. The fourth-order valence-electron chi connectivity index (χ4n) is 1.75. The molecule has 1 aromatic carbocycles. The molecule has 8 heteroatoms. The minimum atomic E-state index is -0.120. The van der Waals surface area contributed by atoms with E-state index in [4.69, 9.17) is 39.1 Å². The van der Waals surface area contributed by atoms with Gasteiger partial charge in [0.25, 0.3) is 0 Å². The van der Waals surface area contributed by atoms with Gasteiger partial charge in [0.1, 0.15) is 17.1 Å². The Labute approximate surface area is 134 Å². The van der Waals surface area contributed by atoms with E-state index in [1.807, 2.05) is 0 Å². The van der Waals surface area contributed by atoms with Gasteiger partial charge in [-0.1, -0.05) is 23.2 Å². The first-order valence-corrected chi connectivity index (χ1v) is 7.06. The number of nitrogens with two attached hydrogens (primary N) is 1. The number of hydrogen-bond donors (Lipinski definition) is 2. The lowest BCUT2D eigenvalue weighted by atomic mass is 10.2. The fraction of sp³-hybridized carbons (Fsp3) is 0.167. The Morgan fingerprint density at radius 2 is 2.05 bits per heavy atom. The zero-order valence-electron chi connectivity index (χ0n) is 10.7. The van der Waals surface area contributed by atoms with Crippen LogP contribution in [0.5, 0.6) is 11.6 Å². The molecule has 0 radical (unpaired) electrons. The molecule has 0 bridgehead atoms. The maximum Gasteiger partial charge on any atom is 0.228 e. The van der Waals surface area contributed by atoms with Crippen molar-refractivity contribution in [3.8, 4) is 11.6 Å². The standard InChI is InChI=1S/C12H11BrCl2N4O/c1-5-10(11(16)17)12(19(2)18-5)20-9-4-7(14)6(13)3-8(9)15/h3-4H,1-2H3,(H3,16,17). The number of ether oxygens (including phenoxy) is 1. The van der Waals surface area contributed by atoms with Gasteiger partial charge in [0.15, 0.2) is 0 Å². The average Bonchev–Trinajstić information content (AvgIpc) is 2.61. The molecule has 0 aliphatic heterocycles. The van der Waals surface area contributed by atoms with Gasteiger partial charge in [0, 0.05) is 17.6 Å². The molecule has 0 amide bonds. The number of aryl methyl sites for hydroxylation is 2. The molecule has 0 saturated carbocycles. The quantitative estimate of drug-likeness (QED) is 0.484. The lowest BCUT2D eigenvalue weighted by molar-refractivity contribution is 0.430. The van der Waals surface area contributed by atoms with E-state index < -0.39 is 0 Å². The molecule has 0 atom stereocenters. The molecular formula is C12H11BrCl2N4O. The summed E-state index contributed by atoms with van der Waals surface area (Å²) in [5, 5.41) is 12.6. The predicted molar refractivity (Wildman–Crippen MR) is 83.2 cm³/mol. The van der Waals surface area contributed by atoms with Crippen molar-refractivity contribution in [1.82, 2.24) is 9.78 Å². The van der Waals surface area contributed by atoms with E-state index in [0.29, 0.717) is 37.4 Å². The number of nitrogens with zero attached hydrogens (tertiary/aromatic N) is 2. The van der Waals surface area contributed by atoms with Crippen molar-refractivity contribution in [1.29, 1.82) is 5.41 Å². The van der Waals surface area contributed by atoms with Gasteiger partial charge < -0.3 is 10.5 Å². The highest BCUT2D eigenvalue weighted by atomic mass is 79.9. The van der Waals surface area contributed by atoms with E-state index in [1.54, 1.807) is 26.1 Å². The summed E-state index contributed by atoms with van der Waals surface area (Å²) in [4.78, 5) is 0. The molecule has 106 valence electrons. The predicted octanol–water partition coefficient (Wildman–Crippen LogP) is 3.87. The summed E-state index contributed by atoms with van der Waals surface area (Å²) in [7, 11) is 1.70. The smallest absolute Gasteiger partial charge is 0.228 e. The second-order valence-electron chi connectivity index (χ2n) is 4.10. The van der Waals surface area contributed by atoms with Crippen LogP contribution in [0, 0.1) is 12.3 Å². The molecule has 0 spiro atoms. The lowest BCUT2D eigenvalue weighted by Crippen LogP contribution is -2.13. The zero-order valence-corrected chi connectivity index (χ0v) is 13.8. The first-order valence-electron chi connectivity index (χ1n) is 5.51. The monoisotopic (exact) mass is 376 g/mol. The minimum Gasteiger partial charge on any atom is -0.437 e. The molecule has 3 N–H and O–H groups in total. The van der Waals surface area contributed by atoms with Crippen LogP contribution in [-0.2, 0) is 7.05 Å². The number of amidine groups is 1. The summed E-state index contributed by atoms with van der Waals surface area (Å²) in [6.45, 7) is 1.75. The summed E-state index contributed by atoms with van der Waals surface area (Å²) >= 11 is 15.4. The average molecular weight is 378 g/mol. The molecule has 0 aliphatic carbocycles. The van der Waals surface area contributed by atoms with Gasteiger partial charge in [-0.25, -0.2) is 4.68 Å². The fourth-order valence-corrected chi connectivity index (χ4v) is 2.58. The van der Waals surface area contributed by atoms with Crippen molar-refractivity contribution in [3.63, 3.8) is 0 Å². The van der Waals surface area contributed by atoms with Crippen LogP contribution in [-0.4, -0.2) is 15.6 Å². The molecule has 0 unspecified atom stereocenters. The Kier molecular flexibility index (Phi) is 4.27. The van der Waals surface area contributed by atoms with Crippen LogP contribution in [0.3, 0.4) is 0 Å². The number of halogens is 3. The maximum absolute atomic E-state index is 7.60. The van der Waals surface area contributed by atoms with Crippen molar-refractivity contribution < 1.29 is 4.74 Å². The largest absolute Gasteiger partial charge is 0.437 e. The molecule has 0 fully saturated rings. The number of nitrogens with one attached hydrogen (secondary N) is 1. The molecule has 1 aromatic heterocycles. The molecule has 0 saturated heterocycles.